The number of aromatic amines is 1. The summed E-state index contributed by atoms with van der Waals surface area (Å²) in [5.41, 5.74) is -2.95. The average molecular weight is 636 g/mol. The molecule has 0 amide bonds. The number of rotatable bonds is 12. The Kier molecular flexibility index (Phi) is 11.9. The topological polar surface area (TPSA) is 138 Å². The van der Waals surface area contributed by atoms with Crippen LogP contribution in [0.15, 0.2) is 15.8 Å². The number of esters is 1. The van der Waals surface area contributed by atoms with Gasteiger partial charge in [0.25, 0.3) is 12.2 Å². The second-order valence-electron chi connectivity index (χ2n) is 10.1. The third-order valence-electron chi connectivity index (χ3n) is 5.04. The Hall–Kier alpha value is -1.19. The van der Waals surface area contributed by atoms with Gasteiger partial charge in [-0.2, -0.15) is 4.39 Å². The summed E-state index contributed by atoms with van der Waals surface area (Å²) >= 11 is 12.6. The molecule has 1 aliphatic rings. The van der Waals surface area contributed by atoms with E-state index in [-0.39, 0.29) is 30.2 Å². The fourth-order valence-electron chi connectivity index (χ4n) is 3.16. The molecule has 1 saturated heterocycles. The molecule has 0 spiro atoms. The molecular formula is C22H33ClF2N3O8PS2. The zero-order valence-electron chi connectivity index (χ0n) is 22.3. The highest BCUT2D eigenvalue weighted by Gasteiger charge is 2.50. The number of alkyl halides is 2. The number of thioether (sulfide) groups is 1. The van der Waals surface area contributed by atoms with Gasteiger partial charge in [0, 0.05) is 17.6 Å². The van der Waals surface area contributed by atoms with Crippen LogP contribution in [0.2, 0.25) is 0 Å². The largest absolute Gasteiger partial charge is 0.462 e. The van der Waals surface area contributed by atoms with Gasteiger partial charge in [-0.15, -0.1) is 0 Å². The lowest BCUT2D eigenvalue weighted by Crippen LogP contribution is -2.38. The highest BCUT2D eigenvalue weighted by atomic mass is 35.5. The number of H-pyrrole nitrogens is 1. The predicted octanol–water partition coefficient (Wildman–Crippen LogP) is 3.36. The minimum atomic E-state index is -3.45. The molecule has 1 aliphatic heterocycles. The van der Waals surface area contributed by atoms with Crippen molar-refractivity contribution >= 4 is 52.9 Å². The van der Waals surface area contributed by atoms with E-state index in [1.54, 1.807) is 39.6 Å². The van der Waals surface area contributed by atoms with Gasteiger partial charge < -0.3 is 18.5 Å². The van der Waals surface area contributed by atoms with Gasteiger partial charge in [0.1, 0.15) is 6.04 Å². The minimum absolute atomic E-state index is 0.00847. The van der Waals surface area contributed by atoms with E-state index < -0.39 is 65.0 Å². The summed E-state index contributed by atoms with van der Waals surface area (Å²) in [5, 5.41) is 0.105. The number of ether oxygens (including phenoxy) is 2. The van der Waals surface area contributed by atoms with E-state index in [1.165, 1.54) is 6.92 Å². The van der Waals surface area contributed by atoms with Crippen molar-refractivity contribution in [2.75, 3.05) is 19.0 Å². The zero-order valence-corrected chi connectivity index (χ0v) is 25.6. The lowest BCUT2D eigenvalue weighted by Gasteiger charge is -2.27. The van der Waals surface area contributed by atoms with Crippen molar-refractivity contribution in [3.05, 3.63) is 32.9 Å². The first-order valence-corrected chi connectivity index (χ1v) is 15.9. The molecule has 0 aromatic carbocycles. The molecule has 0 bridgehead atoms. The van der Waals surface area contributed by atoms with E-state index in [0.29, 0.717) is 10.8 Å². The van der Waals surface area contributed by atoms with Crippen molar-refractivity contribution in [1.29, 1.82) is 0 Å². The van der Waals surface area contributed by atoms with Crippen molar-refractivity contribution in [1.82, 2.24) is 14.6 Å². The summed E-state index contributed by atoms with van der Waals surface area (Å²) in [6.45, 7) is 6.38. The fraction of sp³-hybridized carbons (Fsp3) is 0.727. The van der Waals surface area contributed by atoms with Gasteiger partial charge >= 0.3 is 11.7 Å². The number of carbonyl (C=O) groups is 2. The van der Waals surface area contributed by atoms with Crippen LogP contribution in [0.3, 0.4) is 0 Å². The second-order valence-corrected chi connectivity index (χ2v) is 15.0. The van der Waals surface area contributed by atoms with Crippen LogP contribution in [0.5, 0.6) is 0 Å². The lowest BCUT2D eigenvalue weighted by molar-refractivity contribution is -0.149. The van der Waals surface area contributed by atoms with Crippen LogP contribution in [0, 0.1) is 11.2 Å². The summed E-state index contributed by atoms with van der Waals surface area (Å²) in [7, 11) is 0. The number of nitrogens with one attached hydrogen (secondary N) is 2. The maximum atomic E-state index is 15.2. The Morgan fingerprint density at radius 3 is 2.59 bits per heavy atom. The number of hydrogen-bond acceptors (Lipinski definition) is 10. The molecule has 0 saturated carbocycles. The van der Waals surface area contributed by atoms with Crippen molar-refractivity contribution in [3.63, 3.8) is 0 Å². The zero-order chi connectivity index (χ0) is 29.8. The van der Waals surface area contributed by atoms with Gasteiger partial charge in [-0.1, -0.05) is 44.1 Å². The van der Waals surface area contributed by atoms with Crippen LogP contribution in [0.25, 0.3) is 0 Å². The maximum Gasteiger partial charge on any atom is 0.330 e. The number of aromatic nitrogens is 2. The summed E-state index contributed by atoms with van der Waals surface area (Å²) in [6.07, 6.45) is -3.21. The number of carbonyl (C=O) groups excluding carboxylic acids is 2. The van der Waals surface area contributed by atoms with E-state index in [4.69, 9.17) is 41.9 Å². The van der Waals surface area contributed by atoms with Crippen molar-refractivity contribution < 1.29 is 36.9 Å². The summed E-state index contributed by atoms with van der Waals surface area (Å²) < 4.78 is 51.7. The fourth-order valence-corrected chi connectivity index (χ4v) is 6.78. The highest BCUT2D eigenvalue weighted by molar-refractivity contribution is 8.13. The molecule has 2 heterocycles. The number of hydrogen-bond donors (Lipinski definition) is 2. The van der Waals surface area contributed by atoms with Crippen LogP contribution in [-0.4, -0.2) is 63.0 Å². The number of nitrogens with zero attached hydrogens (tertiary/aromatic N) is 1. The maximum absolute atomic E-state index is 15.2. The van der Waals surface area contributed by atoms with E-state index in [9.17, 15) is 23.6 Å². The first-order valence-electron chi connectivity index (χ1n) is 11.9. The van der Waals surface area contributed by atoms with Gasteiger partial charge in [-0.05, 0) is 32.6 Å². The molecule has 222 valence electrons. The smallest absolute Gasteiger partial charge is 0.330 e. The molecular weight excluding hydrogens is 603 g/mol. The van der Waals surface area contributed by atoms with Crippen LogP contribution < -0.4 is 16.3 Å². The molecule has 1 fully saturated rings. The third-order valence-corrected chi connectivity index (χ3v) is 9.29. The summed E-state index contributed by atoms with van der Waals surface area (Å²) in [5.74, 6) is -1.69. The van der Waals surface area contributed by atoms with Gasteiger partial charge in [0.2, 0.25) is 10.9 Å². The molecule has 2 N–H and O–H groups in total. The van der Waals surface area contributed by atoms with E-state index in [2.05, 4.69) is 5.09 Å². The highest BCUT2D eigenvalue weighted by Crippen LogP contribution is 2.48. The monoisotopic (exact) mass is 635 g/mol. The minimum Gasteiger partial charge on any atom is -0.462 e. The Labute approximate surface area is 238 Å². The van der Waals surface area contributed by atoms with Crippen molar-refractivity contribution in [3.8, 4) is 0 Å². The van der Waals surface area contributed by atoms with E-state index in [1.807, 2.05) is 0 Å². The molecule has 0 aliphatic carbocycles. The molecule has 1 aromatic heterocycles. The van der Waals surface area contributed by atoms with Crippen molar-refractivity contribution in [2.45, 2.75) is 77.6 Å². The van der Waals surface area contributed by atoms with Crippen LogP contribution in [-0.2, 0) is 39.9 Å². The van der Waals surface area contributed by atoms with Crippen LogP contribution in [0.4, 0.5) is 8.78 Å². The molecule has 1 aromatic rings. The molecule has 2 rings (SSSR count). The Morgan fingerprint density at radius 1 is 1.36 bits per heavy atom. The average Bonchev–Trinajstić information content (AvgIpc) is 3.10. The molecule has 5 atom stereocenters. The molecule has 0 radical (unpaired) electrons. The SMILES string of the molecule is CC(C)OC(=O)[C@@H](C)N[P@@](=S)(OCCSC(=O)C(C)(C)C)OC[C@@H]1C[C@@](F)(Cl)[C@H](n2cc(F)c(=O)[nH]c2=O)O1. The van der Waals surface area contributed by atoms with Crippen LogP contribution >= 0.6 is 30.0 Å². The van der Waals surface area contributed by atoms with E-state index >= 15 is 4.39 Å². The normalized spacial score (nSPS) is 23.9. The molecule has 17 heteroatoms. The quantitative estimate of drug-likeness (QED) is 0.151. The lowest BCUT2D eigenvalue weighted by atomic mass is 10.00. The molecule has 0 unspecified atom stereocenters. The summed E-state index contributed by atoms with van der Waals surface area (Å²) in [4.78, 5) is 49.7. The van der Waals surface area contributed by atoms with Gasteiger partial charge in [0.05, 0.1) is 31.6 Å². The molecule has 39 heavy (non-hydrogen) atoms. The van der Waals surface area contributed by atoms with Gasteiger partial charge in [-0.25, -0.2) is 14.3 Å². The van der Waals surface area contributed by atoms with Crippen molar-refractivity contribution in [2.24, 2.45) is 5.41 Å². The standard InChI is InChI=1S/C22H33ClF2N3O8PS2/c1-12(2)35-17(30)13(3)27-37(38,33-7-8-39-19(31)21(4,5)6)34-11-14-9-22(23,25)18(36-14)28-10-15(24)16(29)26-20(28)32/h10,12-14,18H,7-9,11H2,1-6H3,(H,27,38)(H,26,29,32)/t13-,14+,18-,22+,37-/m1/s1. The van der Waals surface area contributed by atoms with E-state index in [0.717, 1.165) is 11.8 Å². The molecule has 11 nitrogen and oxygen atoms in total. The second kappa shape index (κ2) is 13.6. The number of halogens is 3. The van der Waals surface area contributed by atoms with Gasteiger partial charge in [0.15, 0.2) is 11.3 Å². The third kappa shape index (κ3) is 9.99. The first kappa shape index (κ1) is 34.0. The Bertz CT molecular complexity index is 1210. The Morgan fingerprint density at radius 2 is 2.00 bits per heavy atom. The first-order chi connectivity index (χ1) is 17.8. The summed E-state index contributed by atoms with van der Waals surface area (Å²) in [6, 6.07) is -0.935. The van der Waals surface area contributed by atoms with Gasteiger partial charge in [-0.3, -0.25) is 23.9 Å². The predicted molar refractivity (Wildman–Crippen MR) is 146 cm³/mol. The Balaban J connectivity index is 2.13. The van der Waals surface area contributed by atoms with Crippen LogP contribution in [0.1, 0.15) is 54.2 Å².